The molecule has 1 saturated heterocycles. The van der Waals surface area contributed by atoms with E-state index in [0.29, 0.717) is 6.04 Å². The van der Waals surface area contributed by atoms with Crippen LogP contribution in [-0.2, 0) is 7.05 Å². The predicted octanol–water partition coefficient (Wildman–Crippen LogP) is 2.03. The Morgan fingerprint density at radius 1 is 1.35 bits per heavy atom. The molecule has 0 aliphatic carbocycles. The van der Waals surface area contributed by atoms with Gasteiger partial charge in [0.05, 0.1) is 17.6 Å². The van der Waals surface area contributed by atoms with Gasteiger partial charge in [-0.15, -0.1) is 0 Å². The lowest BCUT2D eigenvalue weighted by Gasteiger charge is -2.25. The van der Waals surface area contributed by atoms with Gasteiger partial charge in [-0.1, -0.05) is 0 Å². The number of hydrogen-bond donors (Lipinski definition) is 1. The van der Waals surface area contributed by atoms with Crippen LogP contribution >= 0.6 is 0 Å². The van der Waals surface area contributed by atoms with Gasteiger partial charge in [-0.25, -0.2) is 9.97 Å². The van der Waals surface area contributed by atoms with Crippen LogP contribution in [0.4, 0.5) is 5.82 Å². The first kappa shape index (κ1) is 11.5. The minimum atomic E-state index is 0.364. The molecule has 1 aliphatic heterocycles. The molecule has 3 aromatic heterocycles. The van der Waals surface area contributed by atoms with Crippen molar-refractivity contribution in [2.24, 2.45) is 7.05 Å². The lowest BCUT2D eigenvalue weighted by Crippen LogP contribution is -2.24. The van der Waals surface area contributed by atoms with Crippen LogP contribution in [0, 0.1) is 0 Å². The summed E-state index contributed by atoms with van der Waals surface area (Å²) < 4.78 is 1.79. The SMILES string of the molecule is Cn1ncc2c(N3CCC[C@@H]3c3ccc[nH]3)ncnc21. The Bertz CT molecular complexity index is 729. The zero-order valence-electron chi connectivity index (χ0n) is 11.3. The van der Waals surface area contributed by atoms with Crippen molar-refractivity contribution in [2.45, 2.75) is 18.9 Å². The second kappa shape index (κ2) is 4.33. The monoisotopic (exact) mass is 268 g/mol. The van der Waals surface area contributed by atoms with Crippen LogP contribution in [0.3, 0.4) is 0 Å². The van der Waals surface area contributed by atoms with Crippen molar-refractivity contribution >= 4 is 16.9 Å². The Labute approximate surface area is 116 Å². The van der Waals surface area contributed by atoms with Gasteiger partial charge in [0.15, 0.2) is 5.65 Å². The maximum Gasteiger partial charge on any atom is 0.163 e. The molecule has 0 amide bonds. The molecule has 4 rings (SSSR count). The van der Waals surface area contributed by atoms with E-state index in [1.165, 1.54) is 12.1 Å². The van der Waals surface area contributed by atoms with Crippen LogP contribution in [0.5, 0.6) is 0 Å². The molecule has 3 aromatic rings. The second-order valence-electron chi connectivity index (χ2n) is 5.18. The molecule has 1 N–H and O–H groups in total. The topological polar surface area (TPSA) is 62.6 Å². The van der Waals surface area contributed by atoms with Crippen LogP contribution in [0.2, 0.25) is 0 Å². The van der Waals surface area contributed by atoms with Crippen molar-refractivity contribution in [3.63, 3.8) is 0 Å². The summed E-state index contributed by atoms with van der Waals surface area (Å²) in [5.41, 5.74) is 2.13. The summed E-state index contributed by atoms with van der Waals surface area (Å²) >= 11 is 0. The Morgan fingerprint density at radius 2 is 2.30 bits per heavy atom. The molecule has 1 aliphatic rings. The molecule has 0 saturated carbocycles. The lowest BCUT2D eigenvalue weighted by atomic mass is 10.1. The Morgan fingerprint density at radius 3 is 3.15 bits per heavy atom. The van der Waals surface area contributed by atoms with E-state index >= 15 is 0 Å². The number of hydrogen-bond acceptors (Lipinski definition) is 4. The van der Waals surface area contributed by atoms with E-state index in [4.69, 9.17) is 0 Å². The first-order valence-electron chi connectivity index (χ1n) is 6.87. The number of anilines is 1. The molecule has 1 fully saturated rings. The van der Waals surface area contributed by atoms with Crippen LogP contribution in [0.15, 0.2) is 30.9 Å². The molecule has 0 bridgehead atoms. The number of nitrogens with zero attached hydrogens (tertiary/aromatic N) is 5. The summed E-state index contributed by atoms with van der Waals surface area (Å²) in [5, 5.41) is 5.32. The molecule has 1 atom stereocenters. The summed E-state index contributed by atoms with van der Waals surface area (Å²) in [4.78, 5) is 14.5. The van der Waals surface area contributed by atoms with Crippen molar-refractivity contribution in [3.8, 4) is 0 Å². The molecule has 6 heteroatoms. The van der Waals surface area contributed by atoms with E-state index in [1.54, 1.807) is 11.0 Å². The Kier molecular flexibility index (Phi) is 2.48. The smallest absolute Gasteiger partial charge is 0.163 e. The predicted molar refractivity (Wildman–Crippen MR) is 76.4 cm³/mol. The van der Waals surface area contributed by atoms with E-state index < -0.39 is 0 Å². The quantitative estimate of drug-likeness (QED) is 0.772. The normalized spacial score (nSPS) is 19.1. The zero-order valence-corrected chi connectivity index (χ0v) is 11.3. The molecule has 6 nitrogen and oxygen atoms in total. The third-order valence-corrected chi connectivity index (χ3v) is 4.01. The highest BCUT2D eigenvalue weighted by atomic mass is 15.3. The maximum absolute atomic E-state index is 4.51. The van der Waals surface area contributed by atoms with Crippen molar-refractivity contribution in [3.05, 3.63) is 36.5 Å². The molecule has 0 unspecified atom stereocenters. The molecule has 20 heavy (non-hydrogen) atoms. The standard InChI is InChI=1S/C14H16N6/c1-19-13-10(8-18-19)14(17-9-16-13)20-7-3-5-12(20)11-4-2-6-15-11/h2,4,6,8-9,12,15H,3,5,7H2,1H3/t12-/m1/s1. The van der Waals surface area contributed by atoms with Gasteiger partial charge in [-0.2, -0.15) is 5.10 Å². The van der Waals surface area contributed by atoms with E-state index in [-0.39, 0.29) is 0 Å². The molecule has 0 radical (unpaired) electrons. The summed E-state index contributed by atoms with van der Waals surface area (Å²) in [6.07, 6.45) is 7.78. The molecule has 4 heterocycles. The van der Waals surface area contributed by atoms with Gasteiger partial charge in [0.25, 0.3) is 0 Å². The fourth-order valence-corrected chi connectivity index (χ4v) is 3.07. The Balaban J connectivity index is 1.82. The second-order valence-corrected chi connectivity index (χ2v) is 5.18. The van der Waals surface area contributed by atoms with Crippen LogP contribution in [0.25, 0.3) is 11.0 Å². The number of H-pyrrole nitrogens is 1. The number of aromatic nitrogens is 5. The van der Waals surface area contributed by atoms with Crippen LogP contribution < -0.4 is 4.90 Å². The third-order valence-electron chi connectivity index (χ3n) is 4.01. The van der Waals surface area contributed by atoms with Crippen molar-refractivity contribution in [2.75, 3.05) is 11.4 Å². The van der Waals surface area contributed by atoms with Gasteiger partial charge in [0.1, 0.15) is 12.1 Å². The summed E-state index contributed by atoms with van der Waals surface area (Å²) in [5.74, 6) is 0.986. The van der Waals surface area contributed by atoms with Gasteiger partial charge in [-0.3, -0.25) is 4.68 Å². The largest absolute Gasteiger partial charge is 0.363 e. The average molecular weight is 268 g/mol. The molecule has 102 valence electrons. The summed E-state index contributed by atoms with van der Waals surface area (Å²) in [6, 6.07) is 4.55. The van der Waals surface area contributed by atoms with Gasteiger partial charge in [0.2, 0.25) is 0 Å². The van der Waals surface area contributed by atoms with Gasteiger partial charge in [-0.05, 0) is 25.0 Å². The molecular weight excluding hydrogens is 252 g/mol. The van der Waals surface area contributed by atoms with E-state index in [0.717, 1.165) is 29.8 Å². The van der Waals surface area contributed by atoms with E-state index in [1.807, 2.05) is 25.5 Å². The highest BCUT2D eigenvalue weighted by Gasteiger charge is 2.29. The number of nitrogens with one attached hydrogen (secondary N) is 1. The minimum Gasteiger partial charge on any atom is -0.363 e. The molecular formula is C14H16N6. The highest BCUT2D eigenvalue weighted by molar-refractivity contribution is 5.86. The summed E-state index contributed by atoms with van der Waals surface area (Å²) in [6.45, 7) is 1.02. The van der Waals surface area contributed by atoms with E-state index in [2.05, 4.69) is 31.0 Å². The summed E-state index contributed by atoms with van der Waals surface area (Å²) in [7, 11) is 1.91. The number of aromatic amines is 1. The lowest BCUT2D eigenvalue weighted by molar-refractivity contribution is 0.694. The molecule has 0 spiro atoms. The van der Waals surface area contributed by atoms with Gasteiger partial charge in [0, 0.05) is 25.5 Å². The first-order valence-corrected chi connectivity index (χ1v) is 6.87. The van der Waals surface area contributed by atoms with Crippen LogP contribution in [-0.4, -0.2) is 31.3 Å². The third kappa shape index (κ3) is 1.61. The molecule has 0 aromatic carbocycles. The number of fused-ring (bicyclic) bond motifs is 1. The number of aryl methyl sites for hydroxylation is 1. The minimum absolute atomic E-state index is 0.364. The van der Waals surface area contributed by atoms with Gasteiger partial charge >= 0.3 is 0 Å². The fourth-order valence-electron chi connectivity index (χ4n) is 3.07. The average Bonchev–Trinajstić information content (AvgIpc) is 3.18. The van der Waals surface area contributed by atoms with Crippen LogP contribution in [0.1, 0.15) is 24.6 Å². The van der Waals surface area contributed by atoms with Gasteiger partial charge < -0.3 is 9.88 Å². The van der Waals surface area contributed by atoms with Crippen molar-refractivity contribution in [1.29, 1.82) is 0 Å². The van der Waals surface area contributed by atoms with Crippen molar-refractivity contribution in [1.82, 2.24) is 24.7 Å². The van der Waals surface area contributed by atoms with Crippen molar-refractivity contribution < 1.29 is 0 Å². The fraction of sp³-hybridized carbons (Fsp3) is 0.357. The Hall–Kier alpha value is -2.37. The maximum atomic E-state index is 4.51. The van der Waals surface area contributed by atoms with E-state index in [9.17, 15) is 0 Å². The zero-order chi connectivity index (χ0) is 13.5. The highest BCUT2D eigenvalue weighted by Crippen LogP contribution is 2.36. The number of rotatable bonds is 2. The first-order chi connectivity index (χ1) is 9.84.